The number of hydrogen-bond acceptors (Lipinski definition) is 3. The maximum atomic E-state index is 12.4. The van der Waals surface area contributed by atoms with Gasteiger partial charge in [0.05, 0.1) is 36.2 Å². The zero-order valence-electron chi connectivity index (χ0n) is 11.3. The number of nitrogens with one attached hydrogen (secondary N) is 1. The van der Waals surface area contributed by atoms with Crippen LogP contribution in [0.1, 0.15) is 20.7 Å². The third kappa shape index (κ3) is 3.50. The Morgan fingerprint density at radius 1 is 0.875 bits per heavy atom. The zero-order valence-corrected chi connectivity index (χ0v) is 15.1. The summed E-state index contributed by atoms with van der Waals surface area (Å²) in [5, 5.41) is 19.8. The van der Waals surface area contributed by atoms with E-state index < -0.39 is 28.0 Å². The maximum Gasteiger partial charge on any atom is 0.338 e. The molecule has 0 saturated heterocycles. The molecule has 0 fully saturated rings. The summed E-state index contributed by atoms with van der Waals surface area (Å²) in [4.78, 5) is 23.9. The lowest BCUT2D eigenvalue weighted by molar-refractivity contribution is 0.0692. The van der Waals surface area contributed by atoms with E-state index in [0.717, 1.165) is 0 Å². The largest absolute Gasteiger partial charge is 0.506 e. The summed E-state index contributed by atoms with van der Waals surface area (Å²) in [6.07, 6.45) is 0. The van der Waals surface area contributed by atoms with Crippen molar-refractivity contribution in [1.82, 2.24) is 0 Å². The first-order valence-corrected chi connectivity index (χ1v) is 7.93. The minimum atomic E-state index is -1.51. The topological polar surface area (TPSA) is 86.6 Å². The number of carbonyl (C=O) groups is 2. The van der Waals surface area contributed by atoms with Crippen molar-refractivity contribution >= 4 is 75.6 Å². The lowest BCUT2D eigenvalue weighted by Gasteiger charge is -2.14. The van der Waals surface area contributed by atoms with E-state index in [2.05, 4.69) is 5.32 Å². The van der Waals surface area contributed by atoms with Crippen LogP contribution in [0.15, 0.2) is 18.2 Å². The highest BCUT2D eigenvalue weighted by molar-refractivity contribution is 6.54. The van der Waals surface area contributed by atoms with Gasteiger partial charge < -0.3 is 15.5 Å². The zero-order chi connectivity index (χ0) is 18.2. The summed E-state index contributed by atoms with van der Waals surface area (Å²) < 4.78 is 0. The van der Waals surface area contributed by atoms with Crippen LogP contribution in [0.5, 0.6) is 5.75 Å². The normalized spacial score (nSPS) is 10.5. The fourth-order valence-electron chi connectivity index (χ4n) is 1.82. The number of phenols is 1. The second kappa shape index (κ2) is 7.25. The monoisotopic (exact) mass is 427 g/mol. The fourth-order valence-corrected chi connectivity index (χ4v) is 3.02. The van der Waals surface area contributed by atoms with Crippen LogP contribution in [-0.4, -0.2) is 22.1 Å². The number of carboxylic acids is 1. The number of halogens is 5. The Morgan fingerprint density at radius 2 is 1.42 bits per heavy atom. The van der Waals surface area contributed by atoms with E-state index in [-0.39, 0.29) is 31.5 Å². The van der Waals surface area contributed by atoms with Crippen molar-refractivity contribution in [2.45, 2.75) is 0 Å². The van der Waals surface area contributed by atoms with Crippen LogP contribution in [0, 0.1) is 0 Å². The predicted molar refractivity (Wildman–Crippen MR) is 94.5 cm³/mol. The molecule has 0 saturated carbocycles. The second-order valence-electron chi connectivity index (χ2n) is 4.43. The van der Waals surface area contributed by atoms with Crippen LogP contribution >= 0.6 is 58.0 Å². The van der Waals surface area contributed by atoms with Crippen LogP contribution in [0.3, 0.4) is 0 Å². The highest BCUT2D eigenvalue weighted by atomic mass is 35.5. The number of rotatable bonds is 3. The number of carbonyl (C=O) groups excluding carboxylic acids is 1. The van der Waals surface area contributed by atoms with Gasteiger partial charge >= 0.3 is 5.97 Å². The molecule has 0 aromatic heterocycles. The molecule has 0 bridgehead atoms. The summed E-state index contributed by atoms with van der Waals surface area (Å²) in [6.45, 7) is 0. The molecule has 0 spiro atoms. The molecule has 10 heteroatoms. The van der Waals surface area contributed by atoms with Crippen LogP contribution in [-0.2, 0) is 0 Å². The molecule has 3 N–H and O–H groups in total. The lowest BCUT2D eigenvalue weighted by atomic mass is 10.1. The minimum absolute atomic E-state index is 0.00970. The molecule has 2 aromatic rings. The van der Waals surface area contributed by atoms with Gasteiger partial charge in [-0.15, -0.1) is 0 Å². The Balaban J connectivity index is 2.56. The van der Waals surface area contributed by atoms with Crippen molar-refractivity contribution in [2.24, 2.45) is 0 Å². The molecule has 2 rings (SSSR count). The summed E-state index contributed by atoms with van der Waals surface area (Å²) in [6, 6.07) is 3.87. The molecule has 0 aliphatic rings. The first kappa shape index (κ1) is 19.0. The van der Waals surface area contributed by atoms with Gasteiger partial charge in [-0.1, -0.05) is 58.0 Å². The van der Waals surface area contributed by atoms with Gasteiger partial charge in [0.2, 0.25) is 0 Å². The molecule has 0 aliphatic heterocycles. The van der Waals surface area contributed by atoms with Gasteiger partial charge in [0.1, 0.15) is 5.75 Å². The summed E-state index contributed by atoms with van der Waals surface area (Å²) in [5.74, 6) is -2.58. The highest BCUT2D eigenvalue weighted by Crippen LogP contribution is 2.42. The first-order valence-electron chi connectivity index (χ1n) is 6.04. The number of phenolic OH excluding ortho intramolecular Hbond substituents is 1. The molecule has 5 nitrogen and oxygen atoms in total. The fraction of sp³-hybridized carbons (Fsp3) is 0. The van der Waals surface area contributed by atoms with Gasteiger partial charge in [-0.2, -0.15) is 0 Å². The van der Waals surface area contributed by atoms with Crippen molar-refractivity contribution in [2.75, 3.05) is 5.32 Å². The number of hydrogen-bond donors (Lipinski definition) is 3. The first-order chi connectivity index (χ1) is 11.1. The van der Waals surface area contributed by atoms with Gasteiger partial charge in [0.15, 0.2) is 0 Å². The van der Waals surface area contributed by atoms with Crippen LogP contribution in [0.25, 0.3) is 0 Å². The maximum absolute atomic E-state index is 12.4. The van der Waals surface area contributed by atoms with Gasteiger partial charge in [-0.25, -0.2) is 4.79 Å². The standard InChI is InChI=1S/C14H6Cl5NO4/c15-5-3-4(1-2-6(5)21)20-13(22)7-8(14(23)24)10(17)12(19)11(18)9(7)16/h1-3,21H,(H,20,22)(H,23,24). The van der Waals surface area contributed by atoms with Gasteiger partial charge in [-0.05, 0) is 18.2 Å². The number of anilines is 1. The average molecular weight is 429 g/mol. The minimum Gasteiger partial charge on any atom is -0.506 e. The average Bonchev–Trinajstić information content (AvgIpc) is 2.51. The third-order valence-electron chi connectivity index (χ3n) is 2.91. The number of benzene rings is 2. The molecular formula is C14H6Cl5NO4. The van der Waals surface area contributed by atoms with Crippen LogP contribution < -0.4 is 5.32 Å². The number of aromatic carboxylic acids is 1. The van der Waals surface area contributed by atoms with E-state index in [1.165, 1.54) is 18.2 Å². The molecule has 0 aliphatic carbocycles. The Kier molecular flexibility index (Phi) is 5.73. The summed E-state index contributed by atoms with van der Waals surface area (Å²) in [5.41, 5.74) is -0.844. The molecule has 0 radical (unpaired) electrons. The van der Waals surface area contributed by atoms with E-state index in [4.69, 9.17) is 58.0 Å². The molecule has 2 aromatic carbocycles. The molecule has 0 heterocycles. The predicted octanol–water partition coefficient (Wildman–Crippen LogP) is 5.61. The van der Waals surface area contributed by atoms with Crippen molar-refractivity contribution in [3.05, 3.63) is 54.4 Å². The van der Waals surface area contributed by atoms with Crippen molar-refractivity contribution in [3.8, 4) is 5.75 Å². The van der Waals surface area contributed by atoms with Crippen molar-refractivity contribution in [3.63, 3.8) is 0 Å². The highest BCUT2D eigenvalue weighted by Gasteiger charge is 2.28. The Bertz CT molecular complexity index is 869. The van der Waals surface area contributed by atoms with Crippen molar-refractivity contribution < 1.29 is 19.8 Å². The molecule has 0 atom stereocenters. The number of carboxylic acid groups (broad SMARTS) is 1. The smallest absolute Gasteiger partial charge is 0.338 e. The Morgan fingerprint density at radius 3 is 1.92 bits per heavy atom. The van der Waals surface area contributed by atoms with Crippen molar-refractivity contribution in [1.29, 1.82) is 0 Å². The quantitative estimate of drug-likeness (QED) is 0.336. The SMILES string of the molecule is O=C(O)c1c(Cl)c(Cl)c(Cl)c(Cl)c1C(=O)Nc1ccc(O)c(Cl)c1. The molecule has 0 unspecified atom stereocenters. The van der Waals surface area contributed by atoms with E-state index in [1.807, 2.05) is 0 Å². The number of aromatic hydroxyl groups is 1. The summed E-state index contributed by atoms with van der Waals surface area (Å²) in [7, 11) is 0. The van der Waals surface area contributed by atoms with Gasteiger partial charge in [0.25, 0.3) is 5.91 Å². The van der Waals surface area contributed by atoms with Gasteiger partial charge in [-0.3, -0.25) is 4.79 Å². The molecule has 1 amide bonds. The lowest BCUT2D eigenvalue weighted by Crippen LogP contribution is -2.18. The van der Waals surface area contributed by atoms with Crippen LogP contribution in [0.2, 0.25) is 25.1 Å². The van der Waals surface area contributed by atoms with Gasteiger partial charge in [0, 0.05) is 5.69 Å². The van der Waals surface area contributed by atoms with E-state index in [1.54, 1.807) is 0 Å². The molecule has 126 valence electrons. The summed E-state index contributed by atoms with van der Waals surface area (Å²) >= 11 is 29.3. The Labute approximate surface area is 160 Å². The van der Waals surface area contributed by atoms with E-state index >= 15 is 0 Å². The van der Waals surface area contributed by atoms with E-state index in [9.17, 15) is 19.8 Å². The molecular weight excluding hydrogens is 423 g/mol. The second-order valence-corrected chi connectivity index (χ2v) is 6.35. The van der Waals surface area contributed by atoms with Crippen LogP contribution in [0.4, 0.5) is 5.69 Å². The number of amides is 1. The molecule has 24 heavy (non-hydrogen) atoms. The third-order valence-corrected chi connectivity index (χ3v) is 5.02. The Hall–Kier alpha value is -1.37. The van der Waals surface area contributed by atoms with E-state index in [0.29, 0.717) is 0 Å².